The molecule has 1 aromatic rings. The largest absolute Gasteiger partial charge is 0.469 e. The predicted molar refractivity (Wildman–Crippen MR) is 72.6 cm³/mol. The Labute approximate surface area is 110 Å². The van der Waals surface area contributed by atoms with Crippen LogP contribution in [0.25, 0.3) is 0 Å². The Kier molecular flexibility index (Phi) is 4.46. The molecule has 3 heteroatoms. The van der Waals surface area contributed by atoms with Crippen LogP contribution in [0.2, 0.25) is 0 Å². The molecule has 1 aromatic heterocycles. The molecule has 0 saturated heterocycles. The molecule has 0 aromatic carbocycles. The first-order valence-electron chi connectivity index (χ1n) is 7.08. The standard InChI is InChI=1S/C15H25NO2/c1-4-15(3)13(11-14(15)17-5-2)16-9-8-12-7-6-10-18-12/h6-7,10,13-14,16H,4-5,8-9,11H2,1-3H3. The summed E-state index contributed by atoms with van der Waals surface area (Å²) in [7, 11) is 0. The molecule has 18 heavy (non-hydrogen) atoms. The highest BCUT2D eigenvalue weighted by molar-refractivity contribution is 5.05. The number of hydrogen-bond donors (Lipinski definition) is 1. The molecule has 1 N–H and O–H groups in total. The second-order valence-electron chi connectivity index (χ2n) is 5.38. The van der Waals surface area contributed by atoms with Crippen molar-refractivity contribution >= 4 is 0 Å². The first-order chi connectivity index (χ1) is 8.70. The molecule has 1 aliphatic carbocycles. The zero-order valence-electron chi connectivity index (χ0n) is 11.7. The molecular weight excluding hydrogens is 226 g/mol. The second kappa shape index (κ2) is 5.89. The average Bonchev–Trinajstić information content (AvgIpc) is 2.89. The summed E-state index contributed by atoms with van der Waals surface area (Å²) >= 11 is 0. The Morgan fingerprint density at radius 2 is 2.33 bits per heavy atom. The van der Waals surface area contributed by atoms with E-state index in [-0.39, 0.29) is 0 Å². The molecule has 3 atom stereocenters. The lowest BCUT2D eigenvalue weighted by Crippen LogP contribution is -2.62. The van der Waals surface area contributed by atoms with Crippen molar-refractivity contribution in [2.24, 2.45) is 5.41 Å². The van der Waals surface area contributed by atoms with Gasteiger partial charge in [0.1, 0.15) is 5.76 Å². The van der Waals surface area contributed by atoms with Crippen molar-refractivity contribution in [2.75, 3.05) is 13.2 Å². The summed E-state index contributed by atoms with van der Waals surface area (Å²) in [5, 5.41) is 3.65. The smallest absolute Gasteiger partial charge is 0.105 e. The summed E-state index contributed by atoms with van der Waals surface area (Å²) in [6, 6.07) is 4.55. The van der Waals surface area contributed by atoms with Crippen molar-refractivity contribution in [3.05, 3.63) is 24.2 Å². The van der Waals surface area contributed by atoms with Gasteiger partial charge in [-0.1, -0.05) is 13.8 Å². The fourth-order valence-electron chi connectivity index (χ4n) is 2.89. The molecule has 0 aliphatic heterocycles. The van der Waals surface area contributed by atoms with Gasteiger partial charge < -0.3 is 14.5 Å². The minimum atomic E-state index is 0.291. The van der Waals surface area contributed by atoms with Gasteiger partial charge in [0.15, 0.2) is 0 Å². The zero-order valence-corrected chi connectivity index (χ0v) is 11.7. The van der Waals surface area contributed by atoms with E-state index in [9.17, 15) is 0 Å². The van der Waals surface area contributed by atoms with Crippen molar-refractivity contribution in [1.82, 2.24) is 5.32 Å². The molecular formula is C15H25NO2. The third-order valence-corrected chi connectivity index (χ3v) is 4.45. The molecule has 2 rings (SSSR count). The molecule has 3 unspecified atom stereocenters. The Bertz CT molecular complexity index is 349. The Morgan fingerprint density at radius 3 is 2.94 bits per heavy atom. The molecule has 1 saturated carbocycles. The van der Waals surface area contributed by atoms with Crippen LogP contribution in [-0.2, 0) is 11.2 Å². The number of furan rings is 1. The van der Waals surface area contributed by atoms with Gasteiger partial charge in [0.2, 0.25) is 0 Å². The van der Waals surface area contributed by atoms with Crippen LogP contribution in [0.3, 0.4) is 0 Å². The van der Waals surface area contributed by atoms with Gasteiger partial charge in [0.25, 0.3) is 0 Å². The molecule has 102 valence electrons. The zero-order chi connectivity index (χ0) is 13.0. The fourth-order valence-corrected chi connectivity index (χ4v) is 2.89. The topological polar surface area (TPSA) is 34.4 Å². The van der Waals surface area contributed by atoms with E-state index < -0.39 is 0 Å². The van der Waals surface area contributed by atoms with Gasteiger partial charge in [-0.15, -0.1) is 0 Å². The summed E-state index contributed by atoms with van der Waals surface area (Å²) in [4.78, 5) is 0. The van der Waals surface area contributed by atoms with Crippen molar-refractivity contribution < 1.29 is 9.15 Å². The van der Waals surface area contributed by atoms with Crippen LogP contribution in [-0.4, -0.2) is 25.3 Å². The highest BCUT2D eigenvalue weighted by Gasteiger charge is 2.50. The van der Waals surface area contributed by atoms with Gasteiger partial charge in [-0.3, -0.25) is 0 Å². The Hall–Kier alpha value is -0.800. The van der Waals surface area contributed by atoms with Crippen LogP contribution in [0.5, 0.6) is 0 Å². The minimum absolute atomic E-state index is 0.291. The van der Waals surface area contributed by atoms with E-state index in [1.54, 1.807) is 6.26 Å². The molecule has 1 heterocycles. The molecule has 1 fully saturated rings. The lowest BCUT2D eigenvalue weighted by molar-refractivity contribution is -0.125. The first-order valence-corrected chi connectivity index (χ1v) is 7.08. The van der Waals surface area contributed by atoms with Gasteiger partial charge in [0, 0.05) is 31.0 Å². The normalized spacial score (nSPS) is 31.3. The predicted octanol–water partition coefficient (Wildman–Crippen LogP) is 3.01. The van der Waals surface area contributed by atoms with E-state index in [0.717, 1.165) is 38.2 Å². The Balaban J connectivity index is 1.76. The van der Waals surface area contributed by atoms with Crippen LogP contribution in [0, 0.1) is 5.41 Å². The third kappa shape index (κ3) is 2.62. The van der Waals surface area contributed by atoms with E-state index >= 15 is 0 Å². The first kappa shape index (κ1) is 13.6. The van der Waals surface area contributed by atoms with E-state index in [4.69, 9.17) is 9.15 Å². The van der Waals surface area contributed by atoms with Gasteiger partial charge in [-0.2, -0.15) is 0 Å². The average molecular weight is 251 g/mol. The molecule has 0 bridgehead atoms. The number of ether oxygens (including phenoxy) is 1. The van der Waals surface area contributed by atoms with Crippen molar-refractivity contribution in [3.8, 4) is 0 Å². The van der Waals surface area contributed by atoms with Crippen molar-refractivity contribution in [3.63, 3.8) is 0 Å². The van der Waals surface area contributed by atoms with E-state index in [1.807, 2.05) is 12.1 Å². The monoisotopic (exact) mass is 251 g/mol. The fraction of sp³-hybridized carbons (Fsp3) is 0.733. The number of nitrogens with one attached hydrogen (secondary N) is 1. The SMILES string of the molecule is CCOC1CC(NCCc2ccco2)C1(C)CC. The quantitative estimate of drug-likeness (QED) is 0.809. The molecule has 0 radical (unpaired) electrons. The summed E-state index contributed by atoms with van der Waals surface area (Å²) in [6.45, 7) is 8.47. The van der Waals surface area contributed by atoms with Gasteiger partial charge in [-0.25, -0.2) is 0 Å². The maximum absolute atomic E-state index is 5.81. The number of hydrogen-bond acceptors (Lipinski definition) is 3. The summed E-state index contributed by atoms with van der Waals surface area (Å²) in [5.41, 5.74) is 0.291. The number of rotatable bonds is 7. The summed E-state index contributed by atoms with van der Waals surface area (Å²) in [5.74, 6) is 1.06. The molecule has 3 nitrogen and oxygen atoms in total. The molecule has 0 amide bonds. The summed E-state index contributed by atoms with van der Waals surface area (Å²) in [6.07, 6.45) is 5.42. The highest BCUT2D eigenvalue weighted by atomic mass is 16.5. The summed E-state index contributed by atoms with van der Waals surface area (Å²) < 4.78 is 11.1. The van der Waals surface area contributed by atoms with E-state index in [2.05, 4.69) is 26.1 Å². The lowest BCUT2D eigenvalue weighted by atomic mass is 9.61. The van der Waals surface area contributed by atoms with Gasteiger partial charge >= 0.3 is 0 Å². The molecule has 0 spiro atoms. The van der Waals surface area contributed by atoms with E-state index in [1.165, 1.54) is 0 Å². The van der Waals surface area contributed by atoms with Gasteiger partial charge in [-0.05, 0) is 31.9 Å². The van der Waals surface area contributed by atoms with Gasteiger partial charge in [0.05, 0.1) is 12.4 Å². The van der Waals surface area contributed by atoms with E-state index in [0.29, 0.717) is 17.6 Å². The maximum Gasteiger partial charge on any atom is 0.105 e. The maximum atomic E-state index is 5.81. The lowest BCUT2D eigenvalue weighted by Gasteiger charge is -2.53. The third-order valence-electron chi connectivity index (χ3n) is 4.45. The minimum Gasteiger partial charge on any atom is -0.469 e. The van der Waals surface area contributed by atoms with Crippen LogP contribution < -0.4 is 5.32 Å². The van der Waals surface area contributed by atoms with Crippen LogP contribution in [0.4, 0.5) is 0 Å². The highest BCUT2D eigenvalue weighted by Crippen LogP contribution is 2.45. The van der Waals surface area contributed by atoms with Crippen molar-refractivity contribution in [1.29, 1.82) is 0 Å². The van der Waals surface area contributed by atoms with Crippen LogP contribution >= 0.6 is 0 Å². The van der Waals surface area contributed by atoms with Crippen LogP contribution in [0.1, 0.15) is 39.4 Å². The van der Waals surface area contributed by atoms with Crippen molar-refractivity contribution in [2.45, 2.75) is 52.2 Å². The molecule has 1 aliphatic rings. The second-order valence-corrected chi connectivity index (χ2v) is 5.38. The Morgan fingerprint density at radius 1 is 1.50 bits per heavy atom. The van der Waals surface area contributed by atoms with Crippen LogP contribution in [0.15, 0.2) is 22.8 Å².